The van der Waals surface area contributed by atoms with Crippen LogP contribution in [0.4, 0.5) is 0 Å². The highest BCUT2D eigenvalue weighted by Crippen LogP contribution is 2.28. The first kappa shape index (κ1) is 13.8. The van der Waals surface area contributed by atoms with Crippen molar-refractivity contribution in [3.8, 4) is 22.6 Å². The standard InChI is InChI=1S/C16H15ClN4/c1-3-21-10-13(9-18-21)16-19-14(11(2)15(17)20-16)12-7-5-4-6-8-12/h4-10H,3H2,1-2H3. The van der Waals surface area contributed by atoms with E-state index >= 15 is 0 Å². The smallest absolute Gasteiger partial charge is 0.164 e. The SMILES string of the molecule is CCn1cc(-c2nc(Cl)c(C)c(-c3ccccc3)n2)cn1. The summed E-state index contributed by atoms with van der Waals surface area (Å²) in [7, 11) is 0. The highest BCUT2D eigenvalue weighted by molar-refractivity contribution is 6.30. The minimum Gasteiger partial charge on any atom is -0.272 e. The summed E-state index contributed by atoms with van der Waals surface area (Å²) < 4.78 is 1.84. The third kappa shape index (κ3) is 2.67. The molecule has 2 aromatic heterocycles. The lowest BCUT2D eigenvalue weighted by Crippen LogP contribution is -1.97. The zero-order chi connectivity index (χ0) is 14.8. The number of aryl methyl sites for hydroxylation is 1. The third-order valence-electron chi connectivity index (χ3n) is 3.35. The second-order valence-electron chi connectivity index (χ2n) is 4.76. The molecule has 0 saturated carbocycles. The van der Waals surface area contributed by atoms with Crippen LogP contribution in [0.25, 0.3) is 22.6 Å². The van der Waals surface area contributed by atoms with Crippen molar-refractivity contribution in [3.63, 3.8) is 0 Å². The van der Waals surface area contributed by atoms with Gasteiger partial charge >= 0.3 is 0 Å². The molecule has 0 saturated heterocycles. The van der Waals surface area contributed by atoms with Crippen LogP contribution >= 0.6 is 11.6 Å². The summed E-state index contributed by atoms with van der Waals surface area (Å²) in [4.78, 5) is 9.05. The van der Waals surface area contributed by atoms with Crippen LogP contribution in [-0.4, -0.2) is 19.7 Å². The Bertz CT molecular complexity index is 765. The van der Waals surface area contributed by atoms with E-state index in [0.717, 1.165) is 28.9 Å². The van der Waals surface area contributed by atoms with E-state index in [-0.39, 0.29) is 0 Å². The molecule has 0 amide bonds. The Hall–Kier alpha value is -2.20. The fraction of sp³-hybridized carbons (Fsp3) is 0.188. The maximum absolute atomic E-state index is 6.28. The molecule has 0 aliphatic carbocycles. The normalized spacial score (nSPS) is 10.8. The van der Waals surface area contributed by atoms with Crippen LogP contribution in [0.15, 0.2) is 42.7 Å². The molecule has 0 aliphatic rings. The summed E-state index contributed by atoms with van der Waals surface area (Å²) in [5.41, 5.74) is 3.64. The Morgan fingerprint density at radius 3 is 2.52 bits per heavy atom. The maximum Gasteiger partial charge on any atom is 0.164 e. The van der Waals surface area contributed by atoms with Gasteiger partial charge in [-0.05, 0) is 13.8 Å². The third-order valence-corrected chi connectivity index (χ3v) is 3.72. The topological polar surface area (TPSA) is 43.6 Å². The lowest BCUT2D eigenvalue weighted by atomic mass is 10.1. The number of hydrogen-bond donors (Lipinski definition) is 0. The molecule has 0 atom stereocenters. The number of halogens is 1. The first-order chi connectivity index (χ1) is 10.2. The molecule has 106 valence electrons. The molecule has 3 rings (SSSR count). The Labute approximate surface area is 128 Å². The molecular formula is C16H15ClN4. The van der Waals surface area contributed by atoms with E-state index < -0.39 is 0 Å². The number of aromatic nitrogens is 4. The summed E-state index contributed by atoms with van der Waals surface area (Å²) in [5, 5.41) is 4.73. The molecule has 0 bridgehead atoms. The zero-order valence-corrected chi connectivity index (χ0v) is 12.7. The molecular weight excluding hydrogens is 284 g/mol. The Kier molecular flexibility index (Phi) is 3.71. The Morgan fingerprint density at radius 2 is 1.86 bits per heavy atom. The molecule has 0 aliphatic heterocycles. The van der Waals surface area contributed by atoms with Gasteiger partial charge in [0.2, 0.25) is 0 Å². The summed E-state index contributed by atoms with van der Waals surface area (Å²) >= 11 is 6.28. The Morgan fingerprint density at radius 1 is 1.10 bits per heavy atom. The van der Waals surface area contributed by atoms with Crippen molar-refractivity contribution in [1.29, 1.82) is 0 Å². The van der Waals surface area contributed by atoms with Crippen molar-refractivity contribution in [2.45, 2.75) is 20.4 Å². The highest BCUT2D eigenvalue weighted by atomic mass is 35.5. The van der Waals surface area contributed by atoms with Gasteiger partial charge in [-0.3, -0.25) is 4.68 Å². The number of rotatable bonds is 3. The van der Waals surface area contributed by atoms with Crippen molar-refractivity contribution in [2.75, 3.05) is 0 Å². The Balaban J connectivity index is 2.14. The van der Waals surface area contributed by atoms with Gasteiger partial charge in [-0.15, -0.1) is 0 Å². The van der Waals surface area contributed by atoms with E-state index in [0.29, 0.717) is 11.0 Å². The van der Waals surface area contributed by atoms with Crippen LogP contribution in [0.3, 0.4) is 0 Å². The summed E-state index contributed by atoms with van der Waals surface area (Å²) in [6.07, 6.45) is 3.69. The van der Waals surface area contributed by atoms with E-state index in [4.69, 9.17) is 11.6 Å². The fourth-order valence-corrected chi connectivity index (χ4v) is 2.32. The lowest BCUT2D eigenvalue weighted by Gasteiger charge is -2.08. The van der Waals surface area contributed by atoms with Crippen molar-refractivity contribution in [2.24, 2.45) is 0 Å². The molecule has 0 N–H and O–H groups in total. The second-order valence-corrected chi connectivity index (χ2v) is 5.12. The largest absolute Gasteiger partial charge is 0.272 e. The minimum atomic E-state index is 0.475. The first-order valence-electron chi connectivity index (χ1n) is 6.81. The van der Waals surface area contributed by atoms with E-state index in [1.54, 1.807) is 6.20 Å². The molecule has 5 heteroatoms. The van der Waals surface area contributed by atoms with Crippen LogP contribution in [0, 0.1) is 6.92 Å². The molecule has 3 aromatic rings. The van der Waals surface area contributed by atoms with E-state index in [2.05, 4.69) is 15.1 Å². The predicted molar refractivity (Wildman–Crippen MR) is 84.1 cm³/mol. The zero-order valence-electron chi connectivity index (χ0n) is 11.9. The van der Waals surface area contributed by atoms with Crippen LogP contribution in [0.2, 0.25) is 5.15 Å². The van der Waals surface area contributed by atoms with E-state index in [1.807, 2.05) is 55.1 Å². The number of nitrogens with zero attached hydrogens (tertiary/aromatic N) is 4. The fourth-order valence-electron chi connectivity index (χ4n) is 2.15. The molecule has 4 nitrogen and oxygen atoms in total. The first-order valence-corrected chi connectivity index (χ1v) is 7.19. The van der Waals surface area contributed by atoms with Gasteiger partial charge < -0.3 is 0 Å². The molecule has 0 spiro atoms. The average molecular weight is 299 g/mol. The van der Waals surface area contributed by atoms with Crippen molar-refractivity contribution >= 4 is 11.6 Å². The maximum atomic E-state index is 6.28. The van der Waals surface area contributed by atoms with Gasteiger partial charge in [0.1, 0.15) is 5.15 Å². The quantitative estimate of drug-likeness (QED) is 0.687. The van der Waals surface area contributed by atoms with Crippen molar-refractivity contribution < 1.29 is 0 Å². The van der Waals surface area contributed by atoms with Gasteiger partial charge in [0.05, 0.1) is 17.5 Å². The van der Waals surface area contributed by atoms with Crippen LogP contribution in [0.1, 0.15) is 12.5 Å². The van der Waals surface area contributed by atoms with Gasteiger partial charge in [-0.1, -0.05) is 41.9 Å². The summed E-state index contributed by atoms with van der Waals surface area (Å²) in [6, 6.07) is 9.99. The number of hydrogen-bond acceptors (Lipinski definition) is 3. The van der Waals surface area contributed by atoms with Crippen molar-refractivity contribution in [1.82, 2.24) is 19.7 Å². The number of benzene rings is 1. The van der Waals surface area contributed by atoms with Gasteiger partial charge in [-0.25, -0.2) is 9.97 Å². The molecule has 0 fully saturated rings. The lowest BCUT2D eigenvalue weighted by molar-refractivity contribution is 0.660. The van der Waals surface area contributed by atoms with E-state index in [1.165, 1.54) is 0 Å². The van der Waals surface area contributed by atoms with E-state index in [9.17, 15) is 0 Å². The molecule has 0 unspecified atom stereocenters. The van der Waals surface area contributed by atoms with Crippen LogP contribution in [-0.2, 0) is 6.54 Å². The summed E-state index contributed by atoms with van der Waals surface area (Å²) in [5.74, 6) is 0.601. The monoisotopic (exact) mass is 298 g/mol. The van der Waals surface area contributed by atoms with Gasteiger partial charge in [-0.2, -0.15) is 5.10 Å². The molecule has 0 radical (unpaired) electrons. The minimum absolute atomic E-state index is 0.475. The molecule has 21 heavy (non-hydrogen) atoms. The van der Waals surface area contributed by atoms with Gasteiger partial charge in [0.15, 0.2) is 5.82 Å². The van der Waals surface area contributed by atoms with Crippen LogP contribution < -0.4 is 0 Å². The summed E-state index contributed by atoms with van der Waals surface area (Å²) in [6.45, 7) is 4.78. The highest BCUT2D eigenvalue weighted by Gasteiger charge is 2.13. The van der Waals surface area contributed by atoms with Gasteiger partial charge in [0.25, 0.3) is 0 Å². The average Bonchev–Trinajstić information content (AvgIpc) is 3.00. The van der Waals surface area contributed by atoms with Crippen molar-refractivity contribution in [3.05, 3.63) is 53.4 Å². The second kappa shape index (κ2) is 5.66. The molecule has 1 aromatic carbocycles. The molecule has 2 heterocycles. The van der Waals surface area contributed by atoms with Crippen LogP contribution in [0.5, 0.6) is 0 Å². The predicted octanol–water partition coefficient (Wildman–Crippen LogP) is 3.99. The van der Waals surface area contributed by atoms with Gasteiger partial charge in [0, 0.05) is 23.9 Å².